The van der Waals surface area contributed by atoms with Gasteiger partial charge in [0, 0.05) is 24.2 Å². The van der Waals surface area contributed by atoms with Crippen LogP contribution >= 0.6 is 11.6 Å². The molecule has 1 aliphatic heterocycles. The average Bonchev–Trinajstić information content (AvgIpc) is 2.92. The lowest BCUT2D eigenvalue weighted by molar-refractivity contribution is -0.139. The second-order valence-electron chi connectivity index (χ2n) is 4.89. The number of carboxylic acids is 1. The number of aliphatic imine (C=N–C) groups is 1. The molecule has 0 spiro atoms. The highest BCUT2D eigenvalue weighted by atomic mass is 35.5. The lowest BCUT2D eigenvalue weighted by Crippen LogP contribution is -2.29. The van der Waals surface area contributed by atoms with Gasteiger partial charge >= 0.3 is 5.97 Å². The minimum atomic E-state index is -0.848. The predicted molar refractivity (Wildman–Crippen MR) is 83.1 cm³/mol. The zero-order chi connectivity index (χ0) is 15.2. The van der Waals surface area contributed by atoms with Gasteiger partial charge in [-0.05, 0) is 24.1 Å². The van der Waals surface area contributed by atoms with E-state index in [2.05, 4.69) is 15.4 Å². The molecule has 1 heterocycles. The molecule has 1 saturated heterocycles. The smallest absolute Gasteiger partial charge is 0.320 e. The fourth-order valence-corrected chi connectivity index (χ4v) is 2.40. The van der Waals surface area contributed by atoms with Gasteiger partial charge in [0.1, 0.15) is 6.04 Å². The highest BCUT2D eigenvalue weighted by Gasteiger charge is 2.28. The molecule has 112 valence electrons. The Morgan fingerprint density at radius 1 is 1.57 bits per heavy atom. The lowest BCUT2D eigenvalue weighted by Gasteiger charge is -2.04. The molecule has 1 aromatic rings. The van der Waals surface area contributed by atoms with Crippen molar-refractivity contribution in [1.29, 1.82) is 0 Å². The summed E-state index contributed by atoms with van der Waals surface area (Å²) in [6, 6.07) is 6.84. The molecule has 0 unspecified atom stereocenters. The van der Waals surface area contributed by atoms with E-state index in [1.54, 1.807) is 12.3 Å². The molecule has 2 rings (SSSR count). The van der Waals surface area contributed by atoms with Gasteiger partial charge in [-0.3, -0.25) is 9.79 Å². The third-order valence-electron chi connectivity index (χ3n) is 3.28. The molecular formula is C14H17ClN4O2. The molecule has 1 aromatic carbocycles. The van der Waals surface area contributed by atoms with E-state index in [0.717, 1.165) is 5.56 Å². The van der Waals surface area contributed by atoms with Crippen molar-refractivity contribution in [2.45, 2.75) is 24.9 Å². The fraction of sp³-hybridized carbons (Fsp3) is 0.357. The number of aliphatic carboxylic acids is 1. The van der Waals surface area contributed by atoms with Crippen LogP contribution in [0.3, 0.4) is 0 Å². The minimum absolute atomic E-state index is 0.0674. The van der Waals surface area contributed by atoms with Crippen molar-refractivity contribution < 1.29 is 9.90 Å². The molecule has 1 aliphatic rings. The Bertz CT molecular complexity index is 574. The van der Waals surface area contributed by atoms with Crippen LogP contribution in [0.25, 0.3) is 0 Å². The van der Waals surface area contributed by atoms with Crippen molar-refractivity contribution >= 4 is 29.5 Å². The number of hydrogen-bond donors (Lipinski definition) is 3. The Balaban J connectivity index is 1.94. The number of nitrogens with one attached hydrogen (secondary N) is 1. The standard InChI is InChI=1S/C14H17ClN4O2/c15-10-3-1-2-9(4-10)5-12(19-16)8-17-11-6-13(14(20)21)18-7-11/h1-4,8,11,13,18H,5-7,16H2,(H,20,21)/t11-,13-/m0/s1. The average molecular weight is 309 g/mol. The molecule has 0 saturated carbocycles. The van der Waals surface area contributed by atoms with Gasteiger partial charge in [0.05, 0.1) is 11.8 Å². The summed E-state index contributed by atoms with van der Waals surface area (Å²) in [6.07, 6.45) is 2.61. The summed E-state index contributed by atoms with van der Waals surface area (Å²) in [7, 11) is 0. The Morgan fingerprint density at radius 2 is 2.38 bits per heavy atom. The maximum absolute atomic E-state index is 10.8. The van der Waals surface area contributed by atoms with Crippen molar-refractivity contribution in [2.75, 3.05) is 6.54 Å². The maximum atomic E-state index is 10.8. The second kappa shape index (κ2) is 7.19. The van der Waals surface area contributed by atoms with Gasteiger partial charge in [-0.15, -0.1) is 0 Å². The highest BCUT2D eigenvalue weighted by molar-refractivity contribution is 6.32. The Kier molecular flexibility index (Phi) is 5.30. The third kappa shape index (κ3) is 4.54. The lowest BCUT2D eigenvalue weighted by atomic mass is 10.1. The molecule has 0 radical (unpaired) electrons. The van der Waals surface area contributed by atoms with Gasteiger partial charge in [0.15, 0.2) is 0 Å². The van der Waals surface area contributed by atoms with E-state index in [-0.39, 0.29) is 6.04 Å². The van der Waals surface area contributed by atoms with E-state index in [1.807, 2.05) is 18.2 Å². The quantitative estimate of drug-likeness (QED) is 0.430. The third-order valence-corrected chi connectivity index (χ3v) is 3.52. The van der Waals surface area contributed by atoms with E-state index in [1.165, 1.54) is 0 Å². The molecular weight excluding hydrogens is 292 g/mol. The molecule has 2 atom stereocenters. The first-order valence-electron chi connectivity index (χ1n) is 6.59. The minimum Gasteiger partial charge on any atom is -0.480 e. The van der Waals surface area contributed by atoms with Crippen LogP contribution in [0.5, 0.6) is 0 Å². The first kappa shape index (κ1) is 15.5. The van der Waals surface area contributed by atoms with Gasteiger partial charge in [0.25, 0.3) is 0 Å². The van der Waals surface area contributed by atoms with E-state index in [0.29, 0.717) is 30.1 Å². The van der Waals surface area contributed by atoms with Crippen LogP contribution < -0.4 is 11.2 Å². The number of nitrogens with zero attached hydrogens (tertiary/aromatic N) is 2. The van der Waals surface area contributed by atoms with E-state index < -0.39 is 12.0 Å². The molecule has 0 bridgehead atoms. The van der Waals surface area contributed by atoms with Crippen molar-refractivity contribution in [3.63, 3.8) is 0 Å². The summed E-state index contributed by atoms with van der Waals surface area (Å²) in [5, 5.41) is 16.2. The highest BCUT2D eigenvalue weighted by Crippen LogP contribution is 2.12. The number of carboxylic acid groups (broad SMARTS) is 1. The Hall–Kier alpha value is -1.92. The predicted octanol–water partition coefficient (Wildman–Crippen LogP) is 1.08. The topological polar surface area (TPSA) is 100 Å². The van der Waals surface area contributed by atoms with Gasteiger partial charge in [-0.1, -0.05) is 23.7 Å². The van der Waals surface area contributed by atoms with Gasteiger partial charge in [-0.2, -0.15) is 5.10 Å². The van der Waals surface area contributed by atoms with Crippen LogP contribution in [-0.4, -0.2) is 41.6 Å². The van der Waals surface area contributed by atoms with Crippen LogP contribution in [0.1, 0.15) is 12.0 Å². The SMILES string of the molecule is NN=C(C=N[C@@H]1CN[C@H](C(=O)O)C1)Cc1cccc(Cl)c1. The van der Waals surface area contributed by atoms with Crippen LogP contribution in [0, 0.1) is 0 Å². The van der Waals surface area contributed by atoms with Crippen molar-refractivity contribution in [2.24, 2.45) is 15.9 Å². The summed E-state index contributed by atoms with van der Waals surface area (Å²) in [4.78, 5) is 15.2. The number of carbonyl (C=O) groups is 1. The summed E-state index contributed by atoms with van der Waals surface area (Å²) in [5.41, 5.74) is 1.61. The number of nitrogens with two attached hydrogens (primary N) is 1. The number of benzene rings is 1. The zero-order valence-corrected chi connectivity index (χ0v) is 12.1. The Labute approximate surface area is 127 Å². The summed E-state index contributed by atoms with van der Waals surface area (Å²) >= 11 is 5.93. The van der Waals surface area contributed by atoms with Gasteiger partial charge in [0.2, 0.25) is 0 Å². The molecule has 21 heavy (non-hydrogen) atoms. The summed E-state index contributed by atoms with van der Waals surface area (Å²) in [6.45, 7) is 0.544. The van der Waals surface area contributed by atoms with Crippen molar-refractivity contribution in [1.82, 2.24) is 5.32 Å². The Morgan fingerprint density at radius 3 is 3.00 bits per heavy atom. The second-order valence-corrected chi connectivity index (χ2v) is 5.33. The molecule has 0 amide bonds. The molecule has 6 nitrogen and oxygen atoms in total. The summed E-state index contributed by atoms with van der Waals surface area (Å²) in [5.74, 6) is 4.53. The number of halogens is 1. The largest absolute Gasteiger partial charge is 0.480 e. The number of rotatable bonds is 5. The van der Waals surface area contributed by atoms with Crippen LogP contribution in [0.2, 0.25) is 5.02 Å². The number of hydrogen-bond acceptors (Lipinski definition) is 5. The normalized spacial score (nSPS) is 22.8. The van der Waals surface area contributed by atoms with Gasteiger partial charge in [-0.25, -0.2) is 0 Å². The van der Waals surface area contributed by atoms with Crippen LogP contribution in [0.4, 0.5) is 0 Å². The zero-order valence-electron chi connectivity index (χ0n) is 11.4. The van der Waals surface area contributed by atoms with E-state index >= 15 is 0 Å². The van der Waals surface area contributed by atoms with Crippen LogP contribution in [0.15, 0.2) is 34.4 Å². The van der Waals surface area contributed by atoms with E-state index in [4.69, 9.17) is 22.6 Å². The maximum Gasteiger partial charge on any atom is 0.320 e. The molecule has 0 aromatic heterocycles. The first-order valence-corrected chi connectivity index (χ1v) is 6.97. The van der Waals surface area contributed by atoms with Crippen molar-refractivity contribution in [3.05, 3.63) is 34.9 Å². The fourth-order valence-electron chi connectivity index (χ4n) is 2.19. The van der Waals surface area contributed by atoms with Gasteiger partial charge < -0.3 is 16.3 Å². The monoisotopic (exact) mass is 308 g/mol. The van der Waals surface area contributed by atoms with E-state index in [9.17, 15) is 4.79 Å². The number of hydrazone groups is 1. The van der Waals surface area contributed by atoms with Crippen molar-refractivity contribution in [3.8, 4) is 0 Å². The molecule has 4 N–H and O–H groups in total. The summed E-state index contributed by atoms with van der Waals surface area (Å²) < 4.78 is 0. The first-order chi connectivity index (χ1) is 10.1. The van der Waals surface area contributed by atoms with Crippen LogP contribution in [-0.2, 0) is 11.2 Å². The molecule has 1 fully saturated rings. The molecule has 7 heteroatoms. The molecule has 0 aliphatic carbocycles.